The molecule has 0 aromatic heterocycles. The number of hydrogen-bond acceptors (Lipinski definition) is 0. The fourth-order valence-corrected chi connectivity index (χ4v) is 3.68. The van der Waals surface area contributed by atoms with Gasteiger partial charge < -0.3 is 0 Å². The second-order valence-corrected chi connectivity index (χ2v) is 8.29. The molecule has 0 aliphatic heterocycles. The third kappa shape index (κ3) is 3.64. The molecule has 0 amide bonds. The molecule has 0 saturated carbocycles. The SMILES string of the molecule is CC(C)(C)c1cc(-c2ccccc2)c(-c2ccccc2)c(-c2ccccc2)c1. The van der Waals surface area contributed by atoms with Crippen LogP contribution in [0.4, 0.5) is 0 Å². The predicted octanol–water partition coefficient (Wildman–Crippen LogP) is 7.99. The Kier molecular flexibility index (Phi) is 4.88. The van der Waals surface area contributed by atoms with E-state index in [1.54, 1.807) is 0 Å². The quantitative estimate of drug-likeness (QED) is 0.346. The summed E-state index contributed by atoms with van der Waals surface area (Å²) in [5.41, 5.74) is 9.06. The summed E-state index contributed by atoms with van der Waals surface area (Å²) in [5.74, 6) is 0. The van der Waals surface area contributed by atoms with Gasteiger partial charge in [0, 0.05) is 0 Å². The Morgan fingerprint density at radius 3 is 1.18 bits per heavy atom. The molecule has 0 aliphatic rings. The molecular weight excluding hydrogens is 336 g/mol. The summed E-state index contributed by atoms with van der Waals surface area (Å²) in [6, 6.07) is 37.0. The van der Waals surface area contributed by atoms with E-state index in [0.717, 1.165) is 0 Å². The van der Waals surface area contributed by atoms with Gasteiger partial charge in [0.15, 0.2) is 0 Å². The van der Waals surface area contributed by atoms with Crippen LogP contribution in [0.15, 0.2) is 103 Å². The van der Waals surface area contributed by atoms with Crippen molar-refractivity contribution in [3.63, 3.8) is 0 Å². The Balaban J connectivity index is 2.11. The zero-order valence-corrected chi connectivity index (χ0v) is 16.8. The van der Waals surface area contributed by atoms with Gasteiger partial charge >= 0.3 is 0 Å². The van der Waals surface area contributed by atoms with E-state index in [0.29, 0.717) is 0 Å². The van der Waals surface area contributed by atoms with Gasteiger partial charge in [-0.25, -0.2) is 0 Å². The van der Waals surface area contributed by atoms with Crippen LogP contribution < -0.4 is 0 Å². The van der Waals surface area contributed by atoms with Crippen molar-refractivity contribution in [1.29, 1.82) is 0 Å². The smallest absolute Gasteiger partial charge is 0.00266 e. The molecule has 0 fully saturated rings. The minimum atomic E-state index is 0.0717. The molecule has 4 aromatic carbocycles. The maximum atomic E-state index is 2.38. The van der Waals surface area contributed by atoms with Gasteiger partial charge in [-0.15, -0.1) is 0 Å². The van der Waals surface area contributed by atoms with Crippen LogP contribution in [0.5, 0.6) is 0 Å². The van der Waals surface area contributed by atoms with Crippen LogP contribution in [0.2, 0.25) is 0 Å². The molecule has 0 N–H and O–H groups in total. The highest BCUT2D eigenvalue weighted by Gasteiger charge is 2.21. The van der Waals surface area contributed by atoms with Crippen molar-refractivity contribution < 1.29 is 0 Å². The Morgan fingerprint density at radius 2 is 0.821 bits per heavy atom. The summed E-state index contributed by atoms with van der Waals surface area (Å²) in [4.78, 5) is 0. The summed E-state index contributed by atoms with van der Waals surface area (Å²) in [6.45, 7) is 6.86. The lowest BCUT2D eigenvalue weighted by atomic mass is 9.79. The molecule has 0 radical (unpaired) electrons. The summed E-state index contributed by atoms with van der Waals surface area (Å²) in [5, 5.41) is 0. The van der Waals surface area contributed by atoms with E-state index in [-0.39, 0.29) is 5.41 Å². The van der Waals surface area contributed by atoms with Gasteiger partial charge in [-0.05, 0) is 56.5 Å². The van der Waals surface area contributed by atoms with Gasteiger partial charge in [-0.2, -0.15) is 0 Å². The Morgan fingerprint density at radius 1 is 0.464 bits per heavy atom. The summed E-state index contributed by atoms with van der Waals surface area (Å²) < 4.78 is 0. The predicted molar refractivity (Wildman–Crippen MR) is 121 cm³/mol. The van der Waals surface area contributed by atoms with E-state index in [4.69, 9.17) is 0 Å². The van der Waals surface area contributed by atoms with Crippen molar-refractivity contribution >= 4 is 0 Å². The van der Waals surface area contributed by atoms with Crippen molar-refractivity contribution in [3.05, 3.63) is 109 Å². The average molecular weight is 363 g/mol. The molecule has 0 atom stereocenters. The van der Waals surface area contributed by atoms with Crippen LogP contribution in [-0.4, -0.2) is 0 Å². The molecule has 0 bridgehead atoms. The van der Waals surface area contributed by atoms with Crippen LogP contribution in [0.1, 0.15) is 26.3 Å². The van der Waals surface area contributed by atoms with Crippen molar-refractivity contribution in [2.24, 2.45) is 0 Å². The fourth-order valence-electron chi connectivity index (χ4n) is 3.68. The van der Waals surface area contributed by atoms with Gasteiger partial charge in [0.1, 0.15) is 0 Å². The molecule has 0 heteroatoms. The minimum Gasteiger partial charge on any atom is -0.0622 e. The first-order valence-corrected chi connectivity index (χ1v) is 9.89. The highest BCUT2D eigenvalue weighted by molar-refractivity contribution is 5.95. The van der Waals surface area contributed by atoms with Gasteiger partial charge in [0.05, 0.1) is 0 Å². The van der Waals surface area contributed by atoms with E-state index >= 15 is 0 Å². The third-order valence-corrected chi connectivity index (χ3v) is 5.24. The standard InChI is InChI=1S/C28H26/c1-28(2,3)24-19-25(21-13-7-4-8-14-21)27(23-17-11-6-12-18-23)26(20-24)22-15-9-5-10-16-22/h4-20H,1-3H3. The summed E-state index contributed by atoms with van der Waals surface area (Å²) in [7, 11) is 0. The van der Waals surface area contributed by atoms with E-state index < -0.39 is 0 Å². The molecular formula is C28H26. The van der Waals surface area contributed by atoms with Crippen LogP contribution in [0, 0.1) is 0 Å². The number of rotatable bonds is 3. The van der Waals surface area contributed by atoms with Gasteiger partial charge in [0.25, 0.3) is 0 Å². The lowest BCUT2D eigenvalue weighted by Gasteiger charge is -2.25. The largest absolute Gasteiger partial charge is 0.0622 e. The monoisotopic (exact) mass is 362 g/mol. The summed E-state index contributed by atoms with van der Waals surface area (Å²) >= 11 is 0. The first kappa shape index (κ1) is 18.3. The lowest BCUT2D eigenvalue weighted by Crippen LogP contribution is -2.12. The van der Waals surface area contributed by atoms with Gasteiger partial charge in [-0.3, -0.25) is 0 Å². The maximum absolute atomic E-state index is 2.38. The molecule has 0 saturated heterocycles. The average Bonchev–Trinajstić information content (AvgIpc) is 2.74. The van der Waals surface area contributed by atoms with Crippen LogP contribution >= 0.6 is 0 Å². The lowest BCUT2D eigenvalue weighted by molar-refractivity contribution is 0.591. The van der Waals surface area contributed by atoms with Crippen LogP contribution in [-0.2, 0) is 5.41 Å². The molecule has 28 heavy (non-hydrogen) atoms. The molecule has 4 aromatic rings. The minimum absolute atomic E-state index is 0.0717. The van der Waals surface area contributed by atoms with E-state index in [2.05, 4.69) is 124 Å². The highest BCUT2D eigenvalue weighted by Crippen LogP contribution is 2.43. The molecule has 0 spiro atoms. The van der Waals surface area contributed by atoms with Crippen LogP contribution in [0.3, 0.4) is 0 Å². The van der Waals surface area contributed by atoms with E-state index in [1.165, 1.54) is 38.9 Å². The molecule has 0 unspecified atom stereocenters. The second kappa shape index (κ2) is 7.48. The van der Waals surface area contributed by atoms with E-state index in [9.17, 15) is 0 Å². The molecule has 0 heterocycles. The second-order valence-electron chi connectivity index (χ2n) is 8.29. The topological polar surface area (TPSA) is 0 Å². The third-order valence-electron chi connectivity index (χ3n) is 5.24. The molecule has 4 rings (SSSR count). The van der Waals surface area contributed by atoms with Crippen molar-refractivity contribution in [1.82, 2.24) is 0 Å². The summed E-state index contributed by atoms with van der Waals surface area (Å²) in [6.07, 6.45) is 0. The fraction of sp³-hybridized carbons (Fsp3) is 0.143. The van der Waals surface area contributed by atoms with Crippen molar-refractivity contribution in [2.45, 2.75) is 26.2 Å². The zero-order valence-electron chi connectivity index (χ0n) is 16.8. The van der Waals surface area contributed by atoms with Crippen molar-refractivity contribution in [3.8, 4) is 33.4 Å². The molecule has 138 valence electrons. The molecule has 0 aliphatic carbocycles. The van der Waals surface area contributed by atoms with Crippen molar-refractivity contribution in [2.75, 3.05) is 0 Å². The number of benzene rings is 4. The zero-order chi connectivity index (χ0) is 19.6. The first-order valence-electron chi connectivity index (χ1n) is 9.89. The van der Waals surface area contributed by atoms with Gasteiger partial charge in [-0.1, -0.05) is 112 Å². The highest BCUT2D eigenvalue weighted by atomic mass is 14.2. The molecule has 0 nitrogen and oxygen atoms in total. The normalized spacial score (nSPS) is 11.4. The van der Waals surface area contributed by atoms with Crippen LogP contribution in [0.25, 0.3) is 33.4 Å². The van der Waals surface area contributed by atoms with Gasteiger partial charge in [0.2, 0.25) is 0 Å². The first-order chi connectivity index (χ1) is 13.5. The maximum Gasteiger partial charge on any atom is -0.00266 e. The van der Waals surface area contributed by atoms with E-state index in [1.807, 2.05) is 0 Å². The Hall–Kier alpha value is -3.12. The number of hydrogen-bond donors (Lipinski definition) is 0. The Labute approximate surface area is 168 Å². The Bertz CT molecular complexity index is 993.